The van der Waals surface area contributed by atoms with Crippen LogP contribution in [0, 0.1) is 11.3 Å². The maximum Gasteiger partial charge on any atom is 0.326 e. The van der Waals surface area contributed by atoms with Gasteiger partial charge in [-0.2, -0.15) is 5.26 Å². The molecule has 1 heterocycles. The average Bonchev–Trinajstić information content (AvgIpc) is 2.72. The lowest BCUT2D eigenvalue weighted by molar-refractivity contribution is -0.141. The van der Waals surface area contributed by atoms with E-state index in [4.69, 9.17) is 10.4 Å². The highest BCUT2D eigenvalue weighted by atomic mass is 16.4. The summed E-state index contributed by atoms with van der Waals surface area (Å²) in [6, 6.07) is 0.526. The summed E-state index contributed by atoms with van der Waals surface area (Å²) in [5.41, 5.74) is 0. The van der Waals surface area contributed by atoms with E-state index in [1.165, 1.54) is 4.90 Å². The standard InChI is InChI=1S/C11H17N3O4/c1-2-13(5-3-4-12)11(18)14-7-8(15)6-9(14)10(16)17/h8-9,15H,2-3,5-7H2,1H3,(H,16,17)/t8-,9+/m1/s1. The summed E-state index contributed by atoms with van der Waals surface area (Å²) in [7, 11) is 0. The van der Waals surface area contributed by atoms with Crippen LogP contribution in [0.25, 0.3) is 0 Å². The van der Waals surface area contributed by atoms with Gasteiger partial charge in [0.1, 0.15) is 6.04 Å². The van der Waals surface area contributed by atoms with Gasteiger partial charge < -0.3 is 20.0 Å². The molecule has 7 nitrogen and oxygen atoms in total. The Morgan fingerprint density at radius 1 is 1.56 bits per heavy atom. The van der Waals surface area contributed by atoms with Gasteiger partial charge in [0, 0.05) is 26.1 Å². The molecule has 0 aromatic heterocycles. The Morgan fingerprint density at radius 3 is 2.72 bits per heavy atom. The summed E-state index contributed by atoms with van der Waals surface area (Å²) in [6.45, 7) is 2.46. The molecule has 2 atom stereocenters. The van der Waals surface area contributed by atoms with Gasteiger partial charge in [0.05, 0.1) is 18.6 Å². The number of hydrogen-bond acceptors (Lipinski definition) is 4. The third-order valence-electron chi connectivity index (χ3n) is 2.96. The monoisotopic (exact) mass is 255 g/mol. The Hall–Kier alpha value is -1.81. The Morgan fingerprint density at radius 2 is 2.22 bits per heavy atom. The van der Waals surface area contributed by atoms with Gasteiger partial charge in [-0.3, -0.25) is 0 Å². The second-order valence-electron chi connectivity index (χ2n) is 4.17. The number of nitrogens with zero attached hydrogens (tertiary/aromatic N) is 3. The van der Waals surface area contributed by atoms with Crippen molar-refractivity contribution in [1.82, 2.24) is 9.80 Å². The quantitative estimate of drug-likeness (QED) is 0.727. The number of hydrogen-bond donors (Lipinski definition) is 2. The Bertz CT molecular complexity index is 366. The first-order chi connectivity index (χ1) is 8.51. The molecule has 0 aliphatic carbocycles. The average molecular weight is 255 g/mol. The predicted octanol–water partition coefficient (Wildman–Crippen LogP) is -0.138. The molecule has 2 amide bonds. The Balaban J connectivity index is 2.74. The molecule has 0 spiro atoms. The lowest BCUT2D eigenvalue weighted by atomic mass is 10.2. The number of aliphatic carboxylic acids is 1. The lowest BCUT2D eigenvalue weighted by Crippen LogP contribution is -2.48. The number of carboxylic acid groups (broad SMARTS) is 1. The van der Waals surface area contributed by atoms with Crippen LogP contribution in [0.5, 0.6) is 0 Å². The van der Waals surface area contributed by atoms with Crippen molar-refractivity contribution < 1.29 is 19.8 Å². The van der Waals surface area contributed by atoms with Gasteiger partial charge >= 0.3 is 12.0 Å². The molecule has 7 heteroatoms. The number of aliphatic hydroxyl groups is 1. The van der Waals surface area contributed by atoms with Crippen molar-refractivity contribution >= 4 is 12.0 Å². The van der Waals surface area contributed by atoms with Crippen LogP contribution in [0.3, 0.4) is 0 Å². The van der Waals surface area contributed by atoms with Crippen LogP contribution in [-0.2, 0) is 4.79 Å². The van der Waals surface area contributed by atoms with Gasteiger partial charge in [0.15, 0.2) is 0 Å². The molecule has 1 saturated heterocycles. The van der Waals surface area contributed by atoms with Crippen LogP contribution in [0.1, 0.15) is 19.8 Å². The van der Waals surface area contributed by atoms with E-state index in [0.29, 0.717) is 6.54 Å². The largest absolute Gasteiger partial charge is 0.480 e. The van der Waals surface area contributed by atoms with Crippen LogP contribution in [-0.4, -0.2) is 63.8 Å². The highest BCUT2D eigenvalue weighted by Gasteiger charge is 2.40. The minimum atomic E-state index is -1.11. The summed E-state index contributed by atoms with van der Waals surface area (Å²) in [5, 5.41) is 27.0. The van der Waals surface area contributed by atoms with Crippen LogP contribution in [0.2, 0.25) is 0 Å². The van der Waals surface area contributed by atoms with E-state index in [2.05, 4.69) is 0 Å². The van der Waals surface area contributed by atoms with Gasteiger partial charge in [-0.15, -0.1) is 0 Å². The fraction of sp³-hybridized carbons (Fsp3) is 0.727. The summed E-state index contributed by atoms with van der Waals surface area (Å²) in [4.78, 5) is 25.7. The van der Waals surface area contributed by atoms with Crippen LogP contribution < -0.4 is 0 Å². The zero-order valence-electron chi connectivity index (χ0n) is 10.2. The molecule has 0 bridgehead atoms. The van der Waals surface area contributed by atoms with Gasteiger partial charge in [-0.1, -0.05) is 0 Å². The SMILES string of the molecule is CCN(CCC#N)C(=O)N1C[C@H](O)C[C@H]1C(=O)O. The first-order valence-corrected chi connectivity index (χ1v) is 5.84. The molecule has 2 N–H and O–H groups in total. The van der Waals surface area contributed by atoms with E-state index in [9.17, 15) is 14.7 Å². The Labute approximate surface area is 105 Å². The molecule has 0 radical (unpaired) electrons. The molecule has 18 heavy (non-hydrogen) atoms. The molecule has 1 rings (SSSR count). The van der Waals surface area contributed by atoms with Crippen molar-refractivity contribution in [2.24, 2.45) is 0 Å². The van der Waals surface area contributed by atoms with E-state index < -0.39 is 24.1 Å². The first kappa shape index (κ1) is 14.3. The highest BCUT2D eigenvalue weighted by molar-refractivity contribution is 5.83. The number of β-amino-alcohol motifs (C(OH)–C–C–N with tert-alkyl or cyclic N) is 1. The van der Waals surface area contributed by atoms with Gasteiger partial charge in [-0.25, -0.2) is 9.59 Å². The normalized spacial score (nSPS) is 22.6. The molecular formula is C11H17N3O4. The zero-order chi connectivity index (χ0) is 13.7. The van der Waals surface area contributed by atoms with Crippen molar-refractivity contribution in [3.63, 3.8) is 0 Å². The second kappa shape index (κ2) is 6.21. The maximum absolute atomic E-state index is 12.1. The minimum Gasteiger partial charge on any atom is -0.480 e. The van der Waals surface area contributed by atoms with Crippen molar-refractivity contribution in [1.29, 1.82) is 5.26 Å². The molecule has 1 aliphatic rings. The molecular weight excluding hydrogens is 238 g/mol. The topological polar surface area (TPSA) is 105 Å². The molecule has 0 aromatic rings. The van der Waals surface area contributed by atoms with E-state index in [1.54, 1.807) is 6.92 Å². The number of nitriles is 1. The summed E-state index contributed by atoms with van der Waals surface area (Å²) >= 11 is 0. The summed E-state index contributed by atoms with van der Waals surface area (Å²) in [6.07, 6.45) is -0.547. The number of carbonyl (C=O) groups is 2. The van der Waals surface area contributed by atoms with Crippen LogP contribution >= 0.6 is 0 Å². The first-order valence-electron chi connectivity index (χ1n) is 5.84. The number of urea groups is 1. The molecule has 1 aliphatic heterocycles. The van der Waals surface area contributed by atoms with E-state index in [-0.39, 0.29) is 25.9 Å². The summed E-state index contributed by atoms with van der Waals surface area (Å²) in [5.74, 6) is -1.11. The number of amides is 2. The number of aliphatic hydroxyl groups excluding tert-OH is 1. The van der Waals surface area contributed by atoms with E-state index in [0.717, 1.165) is 4.90 Å². The fourth-order valence-electron chi connectivity index (χ4n) is 2.01. The van der Waals surface area contributed by atoms with Gasteiger partial charge in [-0.05, 0) is 6.92 Å². The van der Waals surface area contributed by atoms with E-state index in [1.807, 2.05) is 6.07 Å². The van der Waals surface area contributed by atoms with Gasteiger partial charge in [0.2, 0.25) is 0 Å². The van der Waals surface area contributed by atoms with Crippen LogP contribution in [0.15, 0.2) is 0 Å². The minimum absolute atomic E-state index is 0.0266. The molecule has 0 aromatic carbocycles. The van der Waals surface area contributed by atoms with Crippen molar-refractivity contribution in [2.45, 2.75) is 31.9 Å². The second-order valence-corrected chi connectivity index (χ2v) is 4.17. The number of likely N-dealkylation sites (tertiary alicyclic amines) is 1. The number of rotatable bonds is 4. The molecule has 0 unspecified atom stereocenters. The predicted molar refractivity (Wildman–Crippen MR) is 61.6 cm³/mol. The molecule has 1 fully saturated rings. The van der Waals surface area contributed by atoms with Crippen molar-refractivity contribution in [3.05, 3.63) is 0 Å². The fourth-order valence-corrected chi connectivity index (χ4v) is 2.01. The highest BCUT2D eigenvalue weighted by Crippen LogP contribution is 2.20. The smallest absolute Gasteiger partial charge is 0.326 e. The molecule has 100 valence electrons. The summed E-state index contributed by atoms with van der Waals surface area (Å²) < 4.78 is 0. The van der Waals surface area contributed by atoms with Crippen molar-refractivity contribution in [2.75, 3.05) is 19.6 Å². The number of carboxylic acids is 1. The van der Waals surface area contributed by atoms with Crippen molar-refractivity contribution in [3.8, 4) is 6.07 Å². The third-order valence-corrected chi connectivity index (χ3v) is 2.96. The molecule has 0 saturated carbocycles. The van der Waals surface area contributed by atoms with Crippen LogP contribution in [0.4, 0.5) is 4.79 Å². The maximum atomic E-state index is 12.1. The third kappa shape index (κ3) is 3.11. The van der Waals surface area contributed by atoms with Gasteiger partial charge in [0.25, 0.3) is 0 Å². The Kier molecular flexibility index (Phi) is 4.92. The lowest BCUT2D eigenvalue weighted by Gasteiger charge is -2.28. The van der Waals surface area contributed by atoms with E-state index >= 15 is 0 Å². The zero-order valence-corrected chi connectivity index (χ0v) is 10.2. The number of carbonyl (C=O) groups excluding carboxylic acids is 1.